The van der Waals surface area contributed by atoms with Crippen molar-refractivity contribution in [1.82, 2.24) is 4.31 Å². The Morgan fingerprint density at radius 2 is 2.30 bits per heavy atom. The first-order chi connectivity index (χ1) is 9.55. The molecule has 1 aliphatic rings. The van der Waals surface area contributed by atoms with Gasteiger partial charge in [-0.2, -0.15) is 15.6 Å². The van der Waals surface area contributed by atoms with E-state index in [1.807, 2.05) is 0 Å². The Bertz CT molecular complexity index is 539. The van der Waals surface area contributed by atoms with Crippen molar-refractivity contribution < 1.29 is 17.9 Å². The second-order valence-electron chi connectivity index (χ2n) is 4.73. The zero-order valence-corrected chi connectivity index (χ0v) is 13.1. The van der Waals surface area contributed by atoms with Crippen LogP contribution in [0.5, 0.6) is 0 Å². The summed E-state index contributed by atoms with van der Waals surface area (Å²) in [5.74, 6) is -0.329. The summed E-state index contributed by atoms with van der Waals surface area (Å²) in [4.78, 5) is 11.9. The summed E-state index contributed by atoms with van der Waals surface area (Å²) in [6.07, 6.45) is 2.63. The summed E-state index contributed by atoms with van der Waals surface area (Å²) >= 11 is 1.36. The lowest BCUT2D eigenvalue weighted by atomic mass is 10.0. The summed E-state index contributed by atoms with van der Waals surface area (Å²) in [5.41, 5.74) is 0. The van der Waals surface area contributed by atoms with Gasteiger partial charge in [-0.05, 0) is 31.2 Å². The van der Waals surface area contributed by atoms with Crippen LogP contribution in [0.4, 0.5) is 0 Å². The number of hydrogen-bond acceptors (Lipinski definition) is 5. The average molecular weight is 317 g/mol. The third-order valence-electron chi connectivity index (χ3n) is 3.38. The molecule has 0 N–H and O–H groups in total. The molecule has 0 unspecified atom stereocenters. The molecule has 2 rings (SSSR count). The molecule has 1 aromatic rings. The molecule has 0 aliphatic carbocycles. The molecule has 0 radical (unpaired) electrons. The maximum absolute atomic E-state index is 12.6. The largest absolute Gasteiger partial charge is 0.466 e. The number of hydrogen-bond donors (Lipinski definition) is 0. The third-order valence-corrected chi connectivity index (χ3v) is 6.16. The third kappa shape index (κ3) is 3.39. The van der Waals surface area contributed by atoms with Crippen molar-refractivity contribution in [3.8, 4) is 0 Å². The standard InChI is InChI=1S/C13H19NO4S2/c1-2-18-13(15)9-11-5-3-4-7-14(11)20(16,17)12-6-8-19-10-12/h6,8,10-11H,2-5,7,9H2,1H3/t11-/m0/s1. The van der Waals surface area contributed by atoms with Crippen molar-refractivity contribution in [3.63, 3.8) is 0 Å². The first-order valence-electron chi connectivity index (χ1n) is 6.75. The fraction of sp³-hybridized carbons (Fsp3) is 0.615. The first kappa shape index (κ1) is 15.5. The fourth-order valence-corrected chi connectivity index (χ4v) is 5.15. The van der Waals surface area contributed by atoms with Gasteiger partial charge in [-0.3, -0.25) is 4.79 Å². The van der Waals surface area contributed by atoms with Crippen molar-refractivity contribution in [2.75, 3.05) is 13.2 Å². The number of sulfonamides is 1. The average Bonchev–Trinajstić information content (AvgIpc) is 2.94. The topological polar surface area (TPSA) is 63.7 Å². The summed E-state index contributed by atoms with van der Waals surface area (Å²) in [7, 11) is -3.49. The Morgan fingerprint density at radius 1 is 1.50 bits per heavy atom. The van der Waals surface area contributed by atoms with Gasteiger partial charge in [0, 0.05) is 18.0 Å². The van der Waals surface area contributed by atoms with Gasteiger partial charge in [0.05, 0.1) is 17.9 Å². The number of piperidine rings is 1. The molecule has 5 nitrogen and oxygen atoms in total. The van der Waals surface area contributed by atoms with Crippen molar-refractivity contribution in [1.29, 1.82) is 0 Å². The molecular weight excluding hydrogens is 298 g/mol. The summed E-state index contributed by atoms with van der Waals surface area (Å²) in [5, 5.41) is 3.38. The van der Waals surface area contributed by atoms with Gasteiger partial charge in [0.25, 0.3) is 0 Å². The van der Waals surface area contributed by atoms with Gasteiger partial charge in [0.2, 0.25) is 10.0 Å². The molecule has 1 aromatic heterocycles. The summed E-state index contributed by atoms with van der Waals surface area (Å²) in [6.45, 7) is 2.55. The lowest BCUT2D eigenvalue weighted by Crippen LogP contribution is -2.44. The highest BCUT2D eigenvalue weighted by Crippen LogP contribution is 2.28. The quantitative estimate of drug-likeness (QED) is 0.781. The van der Waals surface area contributed by atoms with E-state index in [1.165, 1.54) is 15.6 Å². The van der Waals surface area contributed by atoms with Gasteiger partial charge in [0.1, 0.15) is 0 Å². The number of esters is 1. The smallest absolute Gasteiger partial charge is 0.307 e. The Kier molecular flexibility index (Phi) is 5.17. The van der Waals surface area contributed by atoms with Gasteiger partial charge in [-0.25, -0.2) is 8.42 Å². The number of carbonyl (C=O) groups is 1. The van der Waals surface area contributed by atoms with Crippen LogP contribution in [0.25, 0.3) is 0 Å². The highest BCUT2D eigenvalue weighted by Gasteiger charge is 2.35. The van der Waals surface area contributed by atoms with E-state index in [4.69, 9.17) is 4.74 Å². The highest BCUT2D eigenvalue weighted by atomic mass is 32.2. The number of ether oxygens (including phenoxy) is 1. The molecule has 0 spiro atoms. The van der Waals surface area contributed by atoms with Crippen LogP contribution in [0.15, 0.2) is 21.7 Å². The Hall–Kier alpha value is -0.920. The lowest BCUT2D eigenvalue weighted by Gasteiger charge is -2.33. The van der Waals surface area contributed by atoms with Crippen LogP contribution in [0.1, 0.15) is 32.6 Å². The molecule has 20 heavy (non-hydrogen) atoms. The van der Waals surface area contributed by atoms with Crippen LogP contribution in [0.2, 0.25) is 0 Å². The number of rotatable bonds is 5. The molecule has 0 amide bonds. The summed E-state index contributed by atoms with van der Waals surface area (Å²) < 4.78 is 31.6. The van der Waals surface area contributed by atoms with Crippen molar-refractivity contribution in [2.45, 2.75) is 43.5 Å². The predicted octanol–water partition coefficient (Wildman–Crippen LogP) is 2.24. The van der Waals surface area contributed by atoms with Gasteiger partial charge in [-0.1, -0.05) is 6.42 Å². The molecule has 1 fully saturated rings. The van der Waals surface area contributed by atoms with Crippen LogP contribution in [0.3, 0.4) is 0 Å². The van der Waals surface area contributed by atoms with Gasteiger partial charge in [-0.15, -0.1) is 0 Å². The molecule has 0 saturated carbocycles. The maximum Gasteiger partial charge on any atom is 0.307 e. The van der Waals surface area contributed by atoms with E-state index < -0.39 is 10.0 Å². The van der Waals surface area contributed by atoms with E-state index in [9.17, 15) is 13.2 Å². The number of carbonyl (C=O) groups excluding carboxylic acids is 1. The molecule has 0 bridgehead atoms. The molecule has 112 valence electrons. The van der Waals surface area contributed by atoms with Crippen LogP contribution in [0, 0.1) is 0 Å². The van der Waals surface area contributed by atoms with Crippen LogP contribution < -0.4 is 0 Å². The normalized spacial score (nSPS) is 20.8. The van der Waals surface area contributed by atoms with Gasteiger partial charge < -0.3 is 4.74 Å². The lowest BCUT2D eigenvalue weighted by molar-refractivity contribution is -0.144. The summed E-state index contributed by atoms with van der Waals surface area (Å²) in [6, 6.07) is 1.32. The SMILES string of the molecule is CCOC(=O)C[C@@H]1CCCCN1S(=O)(=O)c1ccsc1. The van der Waals surface area contributed by atoms with E-state index in [0.29, 0.717) is 24.5 Å². The van der Waals surface area contributed by atoms with E-state index in [0.717, 1.165) is 12.8 Å². The molecule has 1 atom stereocenters. The molecule has 7 heteroatoms. The van der Waals surface area contributed by atoms with Gasteiger partial charge in [0.15, 0.2) is 0 Å². The monoisotopic (exact) mass is 317 g/mol. The minimum absolute atomic E-state index is 0.136. The number of nitrogens with zero attached hydrogens (tertiary/aromatic N) is 1. The second kappa shape index (κ2) is 6.69. The molecular formula is C13H19NO4S2. The number of thiophene rings is 1. The molecule has 0 aromatic carbocycles. The minimum atomic E-state index is -3.49. The van der Waals surface area contributed by atoms with E-state index in [2.05, 4.69) is 0 Å². The van der Waals surface area contributed by atoms with Crippen LogP contribution >= 0.6 is 11.3 Å². The Morgan fingerprint density at radius 3 is 2.95 bits per heavy atom. The van der Waals surface area contributed by atoms with Crippen molar-refractivity contribution in [2.24, 2.45) is 0 Å². The van der Waals surface area contributed by atoms with Gasteiger partial charge >= 0.3 is 5.97 Å². The van der Waals surface area contributed by atoms with Crippen molar-refractivity contribution >= 4 is 27.3 Å². The Labute approximate surface area is 123 Å². The Balaban J connectivity index is 2.17. The first-order valence-corrected chi connectivity index (χ1v) is 9.13. The molecule has 1 aliphatic heterocycles. The van der Waals surface area contributed by atoms with Crippen LogP contribution in [-0.2, 0) is 19.6 Å². The van der Waals surface area contributed by atoms with Crippen molar-refractivity contribution in [3.05, 3.63) is 16.8 Å². The molecule has 1 saturated heterocycles. The van der Waals surface area contributed by atoms with E-state index >= 15 is 0 Å². The zero-order valence-electron chi connectivity index (χ0n) is 11.4. The fourth-order valence-electron chi connectivity index (χ4n) is 2.44. The molecule has 2 heterocycles. The van der Waals surface area contributed by atoms with Crippen LogP contribution in [-0.4, -0.2) is 37.9 Å². The highest BCUT2D eigenvalue weighted by molar-refractivity contribution is 7.89. The second-order valence-corrected chi connectivity index (χ2v) is 7.40. The predicted molar refractivity (Wildman–Crippen MR) is 77.1 cm³/mol. The minimum Gasteiger partial charge on any atom is -0.466 e. The van der Waals surface area contributed by atoms with E-state index in [1.54, 1.807) is 23.8 Å². The van der Waals surface area contributed by atoms with E-state index in [-0.39, 0.29) is 18.4 Å². The maximum atomic E-state index is 12.6. The zero-order chi connectivity index (χ0) is 14.6.